The molecule has 0 fully saturated rings. The minimum absolute atomic E-state index is 0.0358. The fourth-order valence-electron chi connectivity index (χ4n) is 1.64. The molecule has 1 heterocycles. The summed E-state index contributed by atoms with van der Waals surface area (Å²) in [5, 5.41) is 10.5. The molecule has 1 aliphatic rings. The van der Waals surface area contributed by atoms with Crippen LogP contribution in [-0.4, -0.2) is 26.0 Å². The van der Waals surface area contributed by atoms with Gasteiger partial charge in [0.05, 0.1) is 12.3 Å². The van der Waals surface area contributed by atoms with Gasteiger partial charge in [0, 0.05) is 10.9 Å². The van der Waals surface area contributed by atoms with Crippen molar-refractivity contribution in [1.29, 1.82) is 0 Å². The summed E-state index contributed by atoms with van der Waals surface area (Å²) in [5.74, 6) is 5.45. The van der Waals surface area contributed by atoms with Gasteiger partial charge < -0.3 is 5.11 Å². The molecule has 3 N–H and O–H groups in total. The standard InChI is InChI=1S/C10H12ClN3O3S/c1-6(5-15)10-13-18(16,17)9-4-7(11)2-3-8(9)14(10)12/h2-4,6,15H,5,12H2,1H3. The largest absolute Gasteiger partial charge is 0.396 e. The molecular formula is C10H12ClN3O3S. The molecule has 0 radical (unpaired) electrons. The highest BCUT2D eigenvalue weighted by atomic mass is 35.5. The first kappa shape index (κ1) is 13.3. The first-order chi connectivity index (χ1) is 8.36. The molecule has 1 aliphatic heterocycles. The summed E-state index contributed by atoms with van der Waals surface area (Å²) in [4.78, 5) is -0.0358. The lowest BCUT2D eigenvalue weighted by atomic mass is 10.1. The van der Waals surface area contributed by atoms with E-state index in [4.69, 9.17) is 22.6 Å². The third-order valence-electron chi connectivity index (χ3n) is 2.63. The third kappa shape index (κ3) is 2.10. The topological polar surface area (TPSA) is 96.0 Å². The summed E-state index contributed by atoms with van der Waals surface area (Å²) < 4.78 is 27.6. The number of amidine groups is 1. The molecule has 1 atom stereocenters. The van der Waals surface area contributed by atoms with E-state index in [1.165, 1.54) is 12.1 Å². The van der Waals surface area contributed by atoms with Gasteiger partial charge in [-0.2, -0.15) is 8.42 Å². The highest BCUT2D eigenvalue weighted by molar-refractivity contribution is 7.90. The number of benzene rings is 1. The average molecular weight is 290 g/mol. The minimum Gasteiger partial charge on any atom is -0.396 e. The molecule has 18 heavy (non-hydrogen) atoms. The normalized spacial score (nSPS) is 19.1. The Morgan fingerprint density at radius 2 is 2.22 bits per heavy atom. The summed E-state index contributed by atoms with van der Waals surface area (Å²) in [6.07, 6.45) is 0. The van der Waals surface area contributed by atoms with Gasteiger partial charge in [-0.25, -0.2) is 5.84 Å². The SMILES string of the molecule is CC(CO)C1=NS(=O)(=O)c2cc(Cl)ccc2N1N. The van der Waals surface area contributed by atoms with Crippen LogP contribution in [0.3, 0.4) is 0 Å². The van der Waals surface area contributed by atoms with Gasteiger partial charge in [0.1, 0.15) is 10.7 Å². The number of rotatable bonds is 2. The number of aliphatic hydroxyl groups excluding tert-OH is 1. The number of hydrogen-bond acceptors (Lipinski definition) is 5. The number of halogens is 1. The smallest absolute Gasteiger partial charge is 0.286 e. The van der Waals surface area contributed by atoms with E-state index < -0.39 is 15.9 Å². The predicted octanol–water partition coefficient (Wildman–Crippen LogP) is 0.749. The average Bonchev–Trinajstić information content (AvgIpc) is 2.33. The van der Waals surface area contributed by atoms with Crippen molar-refractivity contribution in [1.82, 2.24) is 0 Å². The Labute approximate surface area is 110 Å². The Morgan fingerprint density at radius 3 is 2.83 bits per heavy atom. The van der Waals surface area contributed by atoms with Crippen molar-refractivity contribution in [3.05, 3.63) is 23.2 Å². The highest BCUT2D eigenvalue weighted by Gasteiger charge is 2.31. The Bertz CT molecular complexity index is 615. The van der Waals surface area contributed by atoms with Crippen LogP contribution in [0.25, 0.3) is 0 Å². The molecule has 0 aromatic heterocycles. The number of nitrogens with zero attached hydrogens (tertiary/aromatic N) is 2. The van der Waals surface area contributed by atoms with Gasteiger partial charge in [-0.15, -0.1) is 4.40 Å². The van der Waals surface area contributed by atoms with Crippen LogP contribution in [0.1, 0.15) is 6.92 Å². The number of anilines is 1. The van der Waals surface area contributed by atoms with Crippen LogP contribution in [0, 0.1) is 5.92 Å². The molecule has 6 nitrogen and oxygen atoms in total. The quantitative estimate of drug-likeness (QED) is 0.783. The lowest BCUT2D eigenvalue weighted by Gasteiger charge is -2.29. The van der Waals surface area contributed by atoms with E-state index in [0.717, 1.165) is 5.01 Å². The molecule has 1 aromatic rings. The van der Waals surface area contributed by atoms with E-state index in [2.05, 4.69) is 4.40 Å². The molecule has 8 heteroatoms. The number of fused-ring (bicyclic) bond motifs is 1. The fourth-order valence-corrected chi connectivity index (χ4v) is 3.20. The van der Waals surface area contributed by atoms with Crippen molar-refractivity contribution < 1.29 is 13.5 Å². The van der Waals surface area contributed by atoms with Gasteiger partial charge in [-0.05, 0) is 18.2 Å². The van der Waals surface area contributed by atoms with E-state index in [0.29, 0.717) is 10.7 Å². The zero-order chi connectivity index (χ0) is 13.5. The van der Waals surface area contributed by atoms with Gasteiger partial charge in [0.2, 0.25) is 0 Å². The number of nitrogens with two attached hydrogens (primary N) is 1. The molecule has 0 bridgehead atoms. The molecular weight excluding hydrogens is 278 g/mol. The molecule has 1 unspecified atom stereocenters. The summed E-state index contributed by atoms with van der Waals surface area (Å²) in [6, 6.07) is 4.35. The molecule has 0 saturated carbocycles. The van der Waals surface area contributed by atoms with Crippen LogP contribution in [0.2, 0.25) is 5.02 Å². The molecule has 1 aromatic carbocycles. The van der Waals surface area contributed by atoms with Crippen molar-refractivity contribution in [2.24, 2.45) is 16.2 Å². The molecule has 0 saturated heterocycles. The van der Waals surface area contributed by atoms with Gasteiger partial charge in [-0.1, -0.05) is 18.5 Å². The molecule has 0 spiro atoms. The second-order valence-corrected chi connectivity index (χ2v) is 6.00. The number of hydrogen-bond donors (Lipinski definition) is 2. The number of aliphatic hydroxyl groups is 1. The first-order valence-corrected chi connectivity index (χ1v) is 6.98. The maximum Gasteiger partial charge on any atom is 0.286 e. The van der Waals surface area contributed by atoms with Crippen LogP contribution in [0.15, 0.2) is 27.5 Å². The maximum absolute atomic E-state index is 12.0. The second kappa shape index (κ2) is 4.51. The van der Waals surface area contributed by atoms with E-state index in [-0.39, 0.29) is 17.3 Å². The van der Waals surface area contributed by atoms with E-state index in [1.807, 2.05) is 0 Å². The molecule has 2 rings (SSSR count). The first-order valence-electron chi connectivity index (χ1n) is 5.17. The Morgan fingerprint density at radius 1 is 1.56 bits per heavy atom. The van der Waals surface area contributed by atoms with Crippen LogP contribution < -0.4 is 10.9 Å². The highest BCUT2D eigenvalue weighted by Crippen LogP contribution is 2.33. The van der Waals surface area contributed by atoms with Crippen LogP contribution in [-0.2, 0) is 10.0 Å². The molecule has 0 aliphatic carbocycles. The van der Waals surface area contributed by atoms with E-state index in [9.17, 15) is 8.42 Å². The minimum atomic E-state index is -3.83. The van der Waals surface area contributed by atoms with Gasteiger partial charge in [0.25, 0.3) is 10.0 Å². The van der Waals surface area contributed by atoms with Crippen molar-refractivity contribution in [3.8, 4) is 0 Å². The van der Waals surface area contributed by atoms with Gasteiger partial charge in [-0.3, -0.25) is 5.01 Å². The lowest BCUT2D eigenvalue weighted by Crippen LogP contribution is -2.45. The van der Waals surface area contributed by atoms with Gasteiger partial charge >= 0.3 is 0 Å². The summed E-state index contributed by atoms with van der Waals surface area (Å²) in [7, 11) is -3.83. The van der Waals surface area contributed by atoms with Gasteiger partial charge in [0.15, 0.2) is 0 Å². The molecule has 98 valence electrons. The van der Waals surface area contributed by atoms with E-state index >= 15 is 0 Å². The maximum atomic E-state index is 12.0. The predicted molar refractivity (Wildman–Crippen MR) is 69.0 cm³/mol. The third-order valence-corrected chi connectivity index (χ3v) is 4.18. The number of hydrazine groups is 1. The van der Waals surface area contributed by atoms with Crippen LogP contribution in [0.4, 0.5) is 5.69 Å². The van der Waals surface area contributed by atoms with E-state index in [1.54, 1.807) is 13.0 Å². The zero-order valence-electron chi connectivity index (χ0n) is 9.54. The van der Waals surface area contributed by atoms with Crippen molar-refractivity contribution in [2.75, 3.05) is 11.6 Å². The lowest BCUT2D eigenvalue weighted by molar-refractivity contribution is 0.269. The Hall–Kier alpha value is -1.15. The second-order valence-electron chi connectivity index (χ2n) is 3.99. The van der Waals surface area contributed by atoms with Crippen LogP contribution >= 0.6 is 11.6 Å². The summed E-state index contributed by atoms with van der Waals surface area (Å²) in [5.41, 5.74) is 0.296. The van der Waals surface area contributed by atoms with Crippen molar-refractivity contribution in [3.63, 3.8) is 0 Å². The summed E-state index contributed by atoms with van der Waals surface area (Å²) in [6.45, 7) is 1.39. The zero-order valence-corrected chi connectivity index (χ0v) is 11.1. The van der Waals surface area contributed by atoms with Crippen molar-refractivity contribution in [2.45, 2.75) is 11.8 Å². The number of sulfonamides is 1. The van der Waals surface area contributed by atoms with Crippen LogP contribution in [0.5, 0.6) is 0 Å². The monoisotopic (exact) mass is 289 g/mol. The fraction of sp³-hybridized carbons (Fsp3) is 0.300. The van der Waals surface area contributed by atoms with Crippen molar-refractivity contribution >= 4 is 33.1 Å². The Kier molecular flexibility index (Phi) is 3.33. The Balaban J connectivity index is 2.64. The molecule has 0 amide bonds. The summed E-state index contributed by atoms with van der Waals surface area (Å²) >= 11 is 5.77.